The lowest BCUT2D eigenvalue weighted by Crippen LogP contribution is -2.46. The summed E-state index contributed by atoms with van der Waals surface area (Å²) in [5.74, 6) is 0.0579. The Morgan fingerprint density at radius 1 is 1.40 bits per heavy atom. The van der Waals surface area contributed by atoms with Crippen LogP contribution in [0.15, 0.2) is 0 Å². The molecule has 0 rings (SSSR count). The molecule has 0 unspecified atom stereocenters. The fourth-order valence-corrected chi connectivity index (χ4v) is 1.39. The third kappa shape index (κ3) is 8.35. The largest absolute Gasteiger partial charge is 0.364 e. The van der Waals surface area contributed by atoms with Gasteiger partial charge in [0.25, 0.3) is 0 Å². The Morgan fingerprint density at radius 2 is 2.00 bits per heavy atom. The monoisotopic (exact) mass is 219 g/mol. The van der Waals surface area contributed by atoms with Gasteiger partial charge in [-0.3, -0.25) is 4.79 Å². The normalized spacial score (nSPS) is 11.9. The molecule has 0 spiro atoms. The van der Waals surface area contributed by atoms with E-state index in [4.69, 9.17) is 10.2 Å². The molecule has 0 aromatic carbocycles. The molecule has 15 heavy (non-hydrogen) atoms. The van der Waals surface area contributed by atoms with E-state index in [2.05, 4.69) is 5.32 Å². The molecule has 0 saturated heterocycles. The van der Waals surface area contributed by atoms with Crippen molar-refractivity contribution in [3.8, 4) is 0 Å². The minimum Gasteiger partial charge on any atom is -0.364 e. The second kappa shape index (κ2) is 6.76. The van der Waals surface area contributed by atoms with Crippen molar-refractivity contribution in [3.63, 3.8) is 0 Å². The minimum atomic E-state index is -1.27. The van der Waals surface area contributed by atoms with E-state index in [0.29, 0.717) is 24.0 Å². The molecule has 0 saturated carbocycles. The van der Waals surface area contributed by atoms with Gasteiger partial charge in [-0.2, -0.15) is 0 Å². The van der Waals surface area contributed by atoms with Crippen LogP contribution in [0.2, 0.25) is 0 Å². The third-order valence-corrected chi connectivity index (χ3v) is 2.24. The van der Waals surface area contributed by atoms with Gasteiger partial charge in [0.1, 0.15) is 6.54 Å². The molecule has 0 radical (unpaired) electrons. The molecular weight excluding hydrogens is 196 g/mol. The highest BCUT2D eigenvalue weighted by Crippen LogP contribution is 2.00. The van der Waals surface area contributed by atoms with Crippen molar-refractivity contribution >= 4 is 5.91 Å². The van der Waals surface area contributed by atoms with Crippen LogP contribution in [0.1, 0.15) is 19.8 Å². The second-order valence-corrected chi connectivity index (χ2v) is 4.38. The molecule has 5 heteroatoms. The van der Waals surface area contributed by atoms with Crippen molar-refractivity contribution < 1.29 is 19.5 Å². The number of quaternary nitrogens is 1. The molecule has 0 aromatic heterocycles. The summed E-state index contributed by atoms with van der Waals surface area (Å²) in [4.78, 5) is 10.9. The molecule has 0 aliphatic heterocycles. The standard InChI is InChI=1S/C10H22N2O3/c1-4-9(13)11-6-5-7-12(2,3)8-10(14)15/h10,14-15H,4-8H2,1-3H3/p+1. The maximum Gasteiger partial charge on any atom is 0.219 e. The lowest BCUT2D eigenvalue weighted by atomic mass is 10.3. The molecule has 0 aromatic rings. The van der Waals surface area contributed by atoms with Crippen molar-refractivity contribution in [1.82, 2.24) is 5.32 Å². The second-order valence-electron chi connectivity index (χ2n) is 4.38. The van der Waals surface area contributed by atoms with E-state index in [1.54, 1.807) is 0 Å². The maximum absolute atomic E-state index is 10.9. The highest BCUT2D eigenvalue weighted by Gasteiger charge is 2.18. The molecule has 5 nitrogen and oxygen atoms in total. The van der Waals surface area contributed by atoms with E-state index in [0.717, 1.165) is 13.0 Å². The van der Waals surface area contributed by atoms with Gasteiger partial charge in [0.05, 0.1) is 20.6 Å². The van der Waals surface area contributed by atoms with Crippen LogP contribution in [0.5, 0.6) is 0 Å². The molecule has 0 aliphatic carbocycles. The number of likely N-dealkylation sites (N-methyl/N-ethyl adjacent to an activating group) is 1. The van der Waals surface area contributed by atoms with Crippen molar-refractivity contribution in [2.75, 3.05) is 33.7 Å². The first kappa shape index (κ1) is 14.3. The van der Waals surface area contributed by atoms with Crippen LogP contribution in [0.4, 0.5) is 0 Å². The van der Waals surface area contributed by atoms with E-state index < -0.39 is 6.29 Å². The molecule has 0 bridgehead atoms. The highest BCUT2D eigenvalue weighted by molar-refractivity contribution is 5.75. The number of carbonyl (C=O) groups is 1. The summed E-state index contributed by atoms with van der Waals surface area (Å²) >= 11 is 0. The molecule has 1 amide bonds. The van der Waals surface area contributed by atoms with Crippen molar-refractivity contribution in [3.05, 3.63) is 0 Å². The number of nitrogens with zero attached hydrogens (tertiary/aromatic N) is 1. The van der Waals surface area contributed by atoms with Gasteiger partial charge in [0.2, 0.25) is 12.2 Å². The topological polar surface area (TPSA) is 69.6 Å². The van der Waals surface area contributed by atoms with Crippen LogP contribution in [0, 0.1) is 0 Å². The van der Waals surface area contributed by atoms with Gasteiger partial charge >= 0.3 is 0 Å². The average Bonchev–Trinajstić information content (AvgIpc) is 2.10. The Balaban J connectivity index is 3.61. The Morgan fingerprint density at radius 3 is 2.47 bits per heavy atom. The first-order valence-electron chi connectivity index (χ1n) is 5.32. The summed E-state index contributed by atoms with van der Waals surface area (Å²) in [7, 11) is 3.86. The Labute approximate surface area is 91.3 Å². The van der Waals surface area contributed by atoms with Crippen molar-refractivity contribution in [1.29, 1.82) is 0 Å². The van der Waals surface area contributed by atoms with Gasteiger partial charge in [-0.15, -0.1) is 0 Å². The maximum atomic E-state index is 10.9. The number of nitrogens with one attached hydrogen (secondary N) is 1. The first-order chi connectivity index (χ1) is 6.87. The van der Waals surface area contributed by atoms with Gasteiger partial charge < -0.3 is 20.0 Å². The number of hydrogen-bond acceptors (Lipinski definition) is 3. The van der Waals surface area contributed by atoms with E-state index in [9.17, 15) is 4.79 Å². The zero-order valence-electron chi connectivity index (χ0n) is 9.86. The van der Waals surface area contributed by atoms with E-state index in [1.165, 1.54) is 0 Å². The number of carbonyl (C=O) groups excluding carboxylic acids is 1. The number of hydrogen-bond donors (Lipinski definition) is 3. The van der Waals surface area contributed by atoms with E-state index in [-0.39, 0.29) is 5.91 Å². The molecule has 90 valence electrons. The summed E-state index contributed by atoms with van der Waals surface area (Å²) in [5.41, 5.74) is 0. The van der Waals surface area contributed by atoms with Crippen LogP contribution < -0.4 is 5.32 Å². The van der Waals surface area contributed by atoms with Gasteiger partial charge in [-0.1, -0.05) is 6.92 Å². The van der Waals surface area contributed by atoms with Crippen molar-refractivity contribution in [2.24, 2.45) is 0 Å². The lowest BCUT2D eigenvalue weighted by molar-refractivity contribution is -0.896. The summed E-state index contributed by atoms with van der Waals surface area (Å²) in [5, 5.41) is 20.5. The number of rotatable bonds is 7. The Kier molecular flexibility index (Phi) is 6.47. The van der Waals surface area contributed by atoms with E-state index in [1.807, 2.05) is 21.0 Å². The van der Waals surface area contributed by atoms with Gasteiger partial charge in [-0.25, -0.2) is 0 Å². The Bertz CT molecular complexity index is 193. The van der Waals surface area contributed by atoms with Crippen LogP contribution in [-0.4, -0.2) is 60.6 Å². The van der Waals surface area contributed by atoms with Gasteiger partial charge in [0, 0.05) is 19.4 Å². The summed E-state index contributed by atoms with van der Waals surface area (Å²) in [6, 6.07) is 0. The predicted molar refractivity (Wildman–Crippen MR) is 58.0 cm³/mol. The summed E-state index contributed by atoms with van der Waals surface area (Å²) in [6.45, 7) is 3.58. The summed E-state index contributed by atoms with van der Waals surface area (Å²) < 4.78 is 0.541. The van der Waals surface area contributed by atoms with Gasteiger partial charge in [-0.05, 0) is 0 Å². The Hall–Kier alpha value is -0.650. The van der Waals surface area contributed by atoms with Crippen LogP contribution >= 0.6 is 0 Å². The van der Waals surface area contributed by atoms with E-state index >= 15 is 0 Å². The molecule has 0 fully saturated rings. The molecule has 0 aliphatic rings. The highest BCUT2D eigenvalue weighted by atomic mass is 16.5. The number of aliphatic hydroxyl groups excluding tert-OH is 1. The molecule has 0 atom stereocenters. The van der Waals surface area contributed by atoms with Crippen LogP contribution in [-0.2, 0) is 4.79 Å². The predicted octanol–water partition coefficient (Wildman–Crippen LogP) is -0.710. The quantitative estimate of drug-likeness (QED) is 0.301. The average molecular weight is 219 g/mol. The number of aliphatic hydroxyl groups is 2. The zero-order valence-corrected chi connectivity index (χ0v) is 9.86. The molecule has 0 heterocycles. The van der Waals surface area contributed by atoms with Gasteiger partial charge in [0.15, 0.2) is 0 Å². The smallest absolute Gasteiger partial charge is 0.219 e. The van der Waals surface area contributed by atoms with Crippen LogP contribution in [0.25, 0.3) is 0 Å². The minimum absolute atomic E-state index is 0.0579. The fourth-order valence-electron chi connectivity index (χ4n) is 1.39. The fraction of sp³-hybridized carbons (Fsp3) is 0.900. The SMILES string of the molecule is CCC(=O)NCCC[N+](C)(C)CC(O)O. The molecule has 3 N–H and O–H groups in total. The van der Waals surface area contributed by atoms with Crippen LogP contribution in [0.3, 0.4) is 0 Å². The summed E-state index contributed by atoms with van der Waals surface area (Å²) in [6.07, 6.45) is 0.0734. The van der Waals surface area contributed by atoms with Crippen molar-refractivity contribution in [2.45, 2.75) is 26.1 Å². The zero-order chi connectivity index (χ0) is 11.9. The third-order valence-electron chi connectivity index (χ3n) is 2.24. The number of amides is 1. The molecular formula is C10H23N2O3+. The first-order valence-corrected chi connectivity index (χ1v) is 5.32. The lowest BCUT2D eigenvalue weighted by Gasteiger charge is -2.30.